The van der Waals surface area contributed by atoms with Crippen LogP contribution in [-0.4, -0.2) is 44.7 Å². The zero-order valence-corrected chi connectivity index (χ0v) is 12.2. The zero-order chi connectivity index (χ0) is 10.7. The average Bonchev–Trinajstić information content (AvgIpc) is 1.78. The molecule has 4 heteroatoms. The predicted molar refractivity (Wildman–Crippen MR) is 53.3 cm³/mol. The quantitative estimate of drug-likeness (QED) is 0.351. The van der Waals surface area contributed by atoms with Crippen LogP contribution in [0.2, 0.25) is 0 Å². The van der Waals surface area contributed by atoms with Crippen LogP contribution in [0.1, 0.15) is 20.8 Å². The molecule has 0 rings (SSSR count). The van der Waals surface area contributed by atoms with E-state index in [1.165, 1.54) is 6.92 Å². The third kappa shape index (κ3) is 10.2. The van der Waals surface area contributed by atoms with Crippen LogP contribution in [0.3, 0.4) is 0 Å². The summed E-state index contributed by atoms with van der Waals surface area (Å²) in [4.78, 5) is 10.6. The monoisotopic (exact) mass is 315 g/mol. The summed E-state index contributed by atoms with van der Waals surface area (Å²) in [6.07, 6.45) is 0. The van der Waals surface area contributed by atoms with Gasteiger partial charge in [-0.05, 0) is 0 Å². The average molecular weight is 315 g/mol. The summed E-state index contributed by atoms with van der Waals surface area (Å²) in [6, 6.07) is 0. The van der Waals surface area contributed by atoms with Gasteiger partial charge in [0.25, 0.3) is 0 Å². The maximum Gasteiger partial charge on any atom is 0.302 e. The van der Waals surface area contributed by atoms with Gasteiger partial charge in [-0.2, -0.15) is 0 Å². The minimum absolute atomic E-state index is 0. The fourth-order valence-electron chi connectivity index (χ4n) is 1.63. The molecule has 14 heavy (non-hydrogen) atoms. The lowest BCUT2D eigenvalue weighted by Crippen LogP contribution is -3.00. The highest BCUT2D eigenvalue weighted by atomic mass is 127. The Labute approximate surface area is 104 Å². The highest BCUT2D eigenvalue weighted by Crippen LogP contribution is 2.18. The van der Waals surface area contributed by atoms with Crippen molar-refractivity contribution in [3.63, 3.8) is 0 Å². The van der Waals surface area contributed by atoms with Gasteiger partial charge in [0.1, 0.15) is 6.61 Å². The summed E-state index contributed by atoms with van der Waals surface area (Å²) < 4.78 is 5.89. The molecule has 0 fully saturated rings. The number of ether oxygens (including phenoxy) is 1. The van der Waals surface area contributed by atoms with Crippen molar-refractivity contribution in [1.29, 1.82) is 0 Å². The molecule has 0 aliphatic heterocycles. The maximum atomic E-state index is 10.6. The SMILES string of the molecule is CC(=O)OCC(C)(C)C[N+](C)(C)C.[I-]. The van der Waals surface area contributed by atoms with Gasteiger partial charge in [-0.15, -0.1) is 0 Å². The molecule has 0 N–H and O–H groups in total. The Morgan fingerprint density at radius 1 is 1.29 bits per heavy atom. The van der Waals surface area contributed by atoms with Gasteiger partial charge in [0.2, 0.25) is 0 Å². The van der Waals surface area contributed by atoms with E-state index in [4.69, 9.17) is 4.74 Å². The molecule has 0 aliphatic carbocycles. The number of carbonyl (C=O) groups is 1. The molecule has 0 aromatic carbocycles. The number of carbonyl (C=O) groups excluding carboxylic acids is 1. The second kappa shape index (κ2) is 5.90. The van der Waals surface area contributed by atoms with E-state index in [2.05, 4.69) is 35.0 Å². The van der Waals surface area contributed by atoms with Gasteiger partial charge in [0, 0.05) is 12.3 Å². The Bertz CT molecular complexity index is 185. The first-order valence-electron chi connectivity index (χ1n) is 4.56. The van der Waals surface area contributed by atoms with Gasteiger partial charge in [0.15, 0.2) is 0 Å². The minimum atomic E-state index is -0.200. The lowest BCUT2D eigenvalue weighted by atomic mass is 9.93. The Morgan fingerprint density at radius 3 is 2.00 bits per heavy atom. The lowest BCUT2D eigenvalue weighted by molar-refractivity contribution is -0.877. The van der Waals surface area contributed by atoms with Crippen molar-refractivity contribution in [3.8, 4) is 0 Å². The largest absolute Gasteiger partial charge is 1.00 e. The Hall–Kier alpha value is 0.160. The molecule has 0 heterocycles. The van der Waals surface area contributed by atoms with E-state index in [1.807, 2.05) is 0 Å². The van der Waals surface area contributed by atoms with Crippen LogP contribution in [0.15, 0.2) is 0 Å². The van der Waals surface area contributed by atoms with Crippen molar-refractivity contribution in [2.24, 2.45) is 5.41 Å². The minimum Gasteiger partial charge on any atom is -1.00 e. The summed E-state index contributed by atoms with van der Waals surface area (Å²) in [5.74, 6) is -0.200. The standard InChI is InChI=1S/C10H22NO2.HI/c1-9(12)13-8-10(2,3)7-11(4,5)6;/h7-8H2,1-6H3;1H/q+1;/p-1. The lowest BCUT2D eigenvalue weighted by Gasteiger charge is -2.33. The molecule has 0 radical (unpaired) electrons. The van der Waals surface area contributed by atoms with Crippen LogP contribution in [0.25, 0.3) is 0 Å². The normalized spacial score (nSPS) is 11.9. The van der Waals surface area contributed by atoms with E-state index in [0.717, 1.165) is 11.0 Å². The van der Waals surface area contributed by atoms with Gasteiger partial charge in [0.05, 0.1) is 27.7 Å². The predicted octanol–water partition coefficient (Wildman–Crippen LogP) is -1.71. The molecule has 0 amide bonds. The van der Waals surface area contributed by atoms with E-state index < -0.39 is 0 Å². The first-order chi connectivity index (χ1) is 5.62. The van der Waals surface area contributed by atoms with Crippen LogP contribution in [0.5, 0.6) is 0 Å². The van der Waals surface area contributed by atoms with Crippen LogP contribution < -0.4 is 24.0 Å². The number of rotatable bonds is 4. The third-order valence-corrected chi connectivity index (χ3v) is 1.57. The van der Waals surface area contributed by atoms with Crippen molar-refractivity contribution in [3.05, 3.63) is 0 Å². The molecule has 0 spiro atoms. The maximum absolute atomic E-state index is 10.6. The number of hydrogen-bond acceptors (Lipinski definition) is 2. The Balaban J connectivity index is 0. The molecule has 0 atom stereocenters. The van der Waals surface area contributed by atoms with Crippen LogP contribution in [-0.2, 0) is 9.53 Å². The van der Waals surface area contributed by atoms with E-state index >= 15 is 0 Å². The van der Waals surface area contributed by atoms with Gasteiger partial charge >= 0.3 is 5.97 Å². The summed E-state index contributed by atoms with van der Waals surface area (Å²) in [5.41, 5.74) is 0.0456. The zero-order valence-electron chi connectivity index (χ0n) is 10.1. The van der Waals surface area contributed by atoms with E-state index in [0.29, 0.717) is 6.61 Å². The van der Waals surface area contributed by atoms with Crippen molar-refractivity contribution >= 4 is 5.97 Å². The third-order valence-electron chi connectivity index (χ3n) is 1.57. The summed E-state index contributed by atoms with van der Waals surface area (Å²) >= 11 is 0. The van der Waals surface area contributed by atoms with Crippen LogP contribution in [0.4, 0.5) is 0 Å². The second-order valence-corrected chi connectivity index (χ2v) is 5.39. The molecule has 0 unspecified atom stereocenters. The van der Waals surface area contributed by atoms with Crippen molar-refractivity contribution in [1.82, 2.24) is 0 Å². The number of quaternary nitrogens is 1. The number of nitrogens with zero attached hydrogens (tertiary/aromatic N) is 1. The van der Waals surface area contributed by atoms with Crippen molar-refractivity contribution in [2.45, 2.75) is 20.8 Å². The van der Waals surface area contributed by atoms with E-state index in [1.54, 1.807) is 0 Å². The summed E-state index contributed by atoms with van der Waals surface area (Å²) in [7, 11) is 6.40. The molecule has 3 nitrogen and oxygen atoms in total. The molecular formula is C10H22INO2. The van der Waals surface area contributed by atoms with Gasteiger partial charge in [-0.1, -0.05) is 13.8 Å². The molecule has 0 saturated carbocycles. The molecule has 0 aromatic rings. The Kier molecular flexibility index (Phi) is 6.99. The highest BCUT2D eigenvalue weighted by Gasteiger charge is 2.27. The summed E-state index contributed by atoms with van der Waals surface area (Å²) in [5, 5.41) is 0. The first kappa shape index (κ1) is 16.6. The highest BCUT2D eigenvalue weighted by molar-refractivity contribution is 5.65. The first-order valence-corrected chi connectivity index (χ1v) is 4.56. The fourth-order valence-corrected chi connectivity index (χ4v) is 1.63. The number of esters is 1. The Morgan fingerprint density at radius 2 is 1.71 bits per heavy atom. The van der Waals surface area contributed by atoms with Crippen molar-refractivity contribution < 1.29 is 38.0 Å². The smallest absolute Gasteiger partial charge is 0.302 e. The van der Waals surface area contributed by atoms with E-state index in [9.17, 15) is 4.79 Å². The molecule has 86 valence electrons. The van der Waals surface area contributed by atoms with Gasteiger partial charge in [-0.3, -0.25) is 4.79 Å². The molecule has 0 saturated heterocycles. The molecule has 0 aliphatic rings. The summed E-state index contributed by atoms with van der Waals surface area (Å²) in [6.45, 7) is 7.15. The van der Waals surface area contributed by atoms with Gasteiger partial charge < -0.3 is 33.2 Å². The molecule has 0 bridgehead atoms. The topological polar surface area (TPSA) is 26.3 Å². The molecular weight excluding hydrogens is 293 g/mol. The van der Waals surface area contributed by atoms with Crippen LogP contribution >= 0.6 is 0 Å². The molecule has 0 aromatic heterocycles. The van der Waals surface area contributed by atoms with E-state index in [-0.39, 0.29) is 35.4 Å². The number of hydrogen-bond donors (Lipinski definition) is 0. The number of halogens is 1. The second-order valence-electron chi connectivity index (χ2n) is 5.39. The van der Waals surface area contributed by atoms with Crippen molar-refractivity contribution in [2.75, 3.05) is 34.3 Å². The fraction of sp³-hybridized carbons (Fsp3) is 0.900. The van der Waals surface area contributed by atoms with Crippen LogP contribution in [0, 0.1) is 5.41 Å². The van der Waals surface area contributed by atoms with Gasteiger partial charge in [-0.25, -0.2) is 0 Å².